The van der Waals surface area contributed by atoms with Gasteiger partial charge in [0.05, 0.1) is 13.0 Å². The van der Waals surface area contributed by atoms with Crippen molar-refractivity contribution in [2.75, 3.05) is 20.2 Å². The lowest BCUT2D eigenvalue weighted by Crippen LogP contribution is -2.21. The van der Waals surface area contributed by atoms with Gasteiger partial charge >= 0.3 is 5.97 Å². The maximum absolute atomic E-state index is 14.1. The van der Waals surface area contributed by atoms with Crippen LogP contribution in [0.2, 0.25) is 0 Å². The van der Waals surface area contributed by atoms with Crippen LogP contribution in [0.25, 0.3) is 0 Å². The number of methoxy groups -OCH3 is 1. The molecule has 104 valence electrons. The van der Waals surface area contributed by atoms with Crippen LogP contribution in [0, 0.1) is 5.92 Å². The first-order valence-electron chi connectivity index (χ1n) is 6.77. The summed E-state index contributed by atoms with van der Waals surface area (Å²) >= 11 is 0. The molecule has 0 saturated heterocycles. The fourth-order valence-electron chi connectivity index (χ4n) is 2.51. The van der Waals surface area contributed by atoms with Gasteiger partial charge in [0.1, 0.15) is 5.83 Å². The molecule has 1 N–H and O–H groups in total. The van der Waals surface area contributed by atoms with E-state index in [0.717, 1.165) is 25.1 Å². The van der Waals surface area contributed by atoms with Crippen molar-refractivity contribution in [1.29, 1.82) is 0 Å². The third-order valence-corrected chi connectivity index (χ3v) is 3.61. The fourth-order valence-corrected chi connectivity index (χ4v) is 2.51. The molecule has 19 heavy (non-hydrogen) atoms. The highest BCUT2D eigenvalue weighted by Gasteiger charge is 2.20. The average Bonchev–Trinajstić information content (AvgIpc) is 2.43. The molecule has 0 fully saturated rings. The van der Waals surface area contributed by atoms with Crippen molar-refractivity contribution in [2.45, 2.75) is 25.7 Å². The Kier molecular flexibility index (Phi) is 4.91. The average molecular weight is 265 g/mol. The Labute approximate surface area is 113 Å². The van der Waals surface area contributed by atoms with Crippen LogP contribution < -0.4 is 5.32 Å². The van der Waals surface area contributed by atoms with Crippen molar-refractivity contribution in [3.8, 4) is 0 Å². The van der Waals surface area contributed by atoms with E-state index in [1.165, 1.54) is 7.11 Å². The van der Waals surface area contributed by atoms with Gasteiger partial charge in [-0.05, 0) is 37.8 Å². The minimum atomic E-state index is -0.254. The maximum atomic E-state index is 14.1. The number of allylic oxidation sites excluding steroid dienone is 3. The van der Waals surface area contributed by atoms with E-state index in [4.69, 9.17) is 4.74 Å². The first kappa shape index (κ1) is 14.0. The molecule has 0 aromatic rings. The summed E-state index contributed by atoms with van der Waals surface area (Å²) in [6, 6.07) is 0. The molecule has 1 aliphatic carbocycles. The van der Waals surface area contributed by atoms with Crippen LogP contribution in [-0.2, 0) is 9.53 Å². The number of nitrogens with one attached hydrogen (secondary N) is 1. The molecule has 0 aromatic carbocycles. The third-order valence-electron chi connectivity index (χ3n) is 3.61. The SMILES string of the molecule is COC(=O)C1/C=C\C(C2=CCNCC2)=C(\F)CCC1. The molecule has 0 bridgehead atoms. The van der Waals surface area contributed by atoms with Gasteiger partial charge in [-0.2, -0.15) is 0 Å². The van der Waals surface area contributed by atoms with Crippen LogP contribution >= 0.6 is 0 Å². The molecule has 2 rings (SSSR count). The number of hydrogen-bond acceptors (Lipinski definition) is 3. The zero-order valence-corrected chi connectivity index (χ0v) is 11.2. The second-order valence-corrected chi connectivity index (χ2v) is 4.88. The van der Waals surface area contributed by atoms with Crippen molar-refractivity contribution in [3.05, 3.63) is 35.2 Å². The number of carbonyl (C=O) groups is 1. The molecule has 0 aromatic heterocycles. The van der Waals surface area contributed by atoms with E-state index >= 15 is 0 Å². The minimum absolute atomic E-state index is 0.0623. The molecule has 3 nitrogen and oxygen atoms in total. The summed E-state index contributed by atoms with van der Waals surface area (Å²) in [7, 11) is 1.39. The van der Waals surface area contributed by atoms with Gasteiger partial charge < -0.3 is 10.1 Å². The maximum Gasteiger partial charge on any atom is 0.312 e. The Balaban J connectivity index is 2.22. The number of halogens is 1. The molecular weight excluding hydrogens is 245 g/mol. The second kappa shape index (κ2) is 6.66. The molecule has 0 spiro atoms. The number of rotatable bonds is 2. The summed E-state index contributed by atoms with van der Waals surface area (Å²) in [4.78, 5) is 11.6. The van der Waals surface area contributed by atoms with E-state index in [1.807, 2.05) is 6.08 Å². The Morgan fingerprint density at radius 3 is 3.00 bits per heavy atom. The standard InChI is InChI=1S/C15H20FNO2/c1-19-15(18)12-3-2-4-14(16)13(6-5-12)11-7-9-17-10-8-11/h5-7,12,17H,2-4,8-10H2,1H3/b6-5-,14-13-. The molecule has 0 radical (unpaired) electrons. The van der Waals surface area contributed by atoms with Crippen molar-refractivity contribution in [1.82, 2.24) is 5.32 Å². The van der Waals surface area contributed by atoms with Crippen LogP contribution in [-0.4, -0.2) is 26.2 Å². The number of carbonyl (C=O) groups excluding carboxylic acids is 1. The molecule has 1 unspecified atom stereocenters. The van der Waals surface area contributed by atoms with Gasteiger partial charge in [0, 0.05) is 12.1 Å². The van der Waals surface area contributed by atoms with Crippen LogP contribution in [0.3, 0.4) is 0 Å². The van der Waals surface area contributed by atoms with Crippen LogP contribution in [0.5, 0.6) is 0 Å². The normalized spacial score (nSPS) is 30.0. The molecular formula is C15H20FNO2. The molecule has 0 saturated carbocycles. The lowest BCUT2D eigenvalue weighted by Gasteiger charge is -2.19. The highest BCUT2D eigenvalue weighted by molar-refractivity contribution is 5.74. The predicted octanol–water partition coefficient (Wildman–Crippen LogP) is 2.66. The van der Waals surface area contributed by atoms with Gasteiger partial charge in [-0.15, -0.1) is 0 Å². The van der Waals surface area contributed by atoms with E-state index in [9.17, 15) is 9.18 Å². The summed E-state index contributed by atoms with van der Waals surface area (Å²) in [6.07, 6.45) is 8.11. The Hall–Kier alpha value is -1.42. The first-order chi connectivity index (χ1) is 9.22. The zero-order valence-electron chi connectivity index (χ0n) is 11.2. The summed E-state index contributed by atoms with van der Waals surface area (Å²) in [5.41, 5.74) is 1.70. The lowest BCUT2D eigenvalue weighted by molar-refractivity contribution is -0.143. The number of esters is 1. The molecule has 1 heterocycles. The number of hydrogen-bond donors (Lipinski definition) is 1. The predicted molar refractivity (Wildman–Crippen MR) is 72.2 cm³/mol. The third kappa shape index (κ3) is 3.53. The Morgan fingerprint density at radius 2 is 2.32 bits per heavy atom. The van der Waals surface area contributed by atoms with Crippen LogP contribution in [0.4, 0.5) is 4.39 Å². The van der Waals surface area contributed by atoms with Gasteiger partial charge in [-0.3, -0.25) is 4.79 Å². The summed E-state index contributed by atoms with van der Waals surface area (Å²) < 4.78 is 18.9. The monoisotopic (exact) mass is 265 g/mol. The molecule has 2 aliphatic rings. The zero-order chi connectivity index (χ0) is 13.7. The van der Waals surface area contributed by atoms with Gasteiger partial charge in [0.15, 0.2) is 0 Å². The van der Waals surface area contributed by atoms with Gasteiger partial charge in [-0.1, -0.05) is 18.2 Å². The van der Waals surface area contributed by atoms with Gasteiger partial charge in [0.2, 0.25) is 0 Å². The minimum Gasteiger partial charge on any atom is -0.469 e. The van der Waals surface area contributed by atoms with Crippen LogP contribution in [0.15, 0.2) is 35.2 Å². The largest absolute Gasteiger partial charge is 0.469 e. The molecule has 4 heteroatoms. The second-order valence-electron chi connectivity index (χ2n) is 4.88. The quantitative estimate of drug-likeness (QED) is 0.780. The van der Waals surface area contributed by atoms with E-state index in [2.05, 4.69) is 5.32 Å². The molecule has 1 aliphatic heterocycles. The topological polar surface area (TPSA) is 38.3 Å². The molecule has 0 amide bonds. The number of ether oxygens (including phenoxy) is 1. The lowest BCUT2D eigenvalue weighted by atomic mass is 9.91. The summed E-state index contributed by atoms with van der Waals surface area (Å²) in [6.45, 7) is 1.65. The Bertz CT molecular complexity index is 437. The Morgan fingerprint density at radius 1 is 1.47 bits per heavy atom. The van der Waals surface area contributed by atoms with E-state index in [0.29, 0.717) is 24.8 Å². The van der Waals surface area contributed by atoms with E-state index in [1.54, 1.807) is 12.2 Å². The van der Waals surface area contributed by atoms with Crippen molar-refractivity contribution in [2.24, 2.45) is 5.92 Å². The van der Waals surface area contributed by atoms with E-state index in [-0.39, 0.29) is 17.7 Å². The van der Waals surface area contributed by atoms with Gasteiger partial charge in [-0.25, -0.2) is 4.39 Å². The van der Waals surface area contributed by atoms with Crippen molar-refractivity contribution >= 4 is 5.97 Å². The highest BCUT2D eigenvalue weighted by Crippen LogP contribution is 2.29. The first-order valence-corrected chi connectivity index (χ1v) is 6.77. The van der Waals surface area contributed by atoms with Crippen molar-refractivity contribution < 1.29 is 13.9 Å². The van der Waals surface area contributed by atoms with Crippen molar-refractivity contribution in [3.63, 3.8) is 0 Å². The smallest absolute Gasteiger partial charge is 0.312 e. The van der Waals surface area contributed by atoms with Crippen LogP contribution in [0.1, 0.15) is 25.7 Å². The molecule has 1 atom stereocenters. The summed E-state index contributed by atoms with van der Waals surface area (Å²) in [5, 5.41) is 3.21. The van der Waals surface area contributed by atoms with Gasteiger partial charge in [0.25, 0.3) is 0 Å². The fraction of sp³-hybridized carbons (Fsp3) is 0.533. The summed E-state index contributed by atoms with van der Waals surface area (Å²) in [5.74, 6) is -0.555. The highest BCUT2D eigenvalue weighted by atomic mass is 19.1. The van der Waals surface area contributed by atoms with E-state index < -0.39 is 0 Å².